The molecule has 0 radical (unpaired) electrons. The molecular weight excluding hydrogens is 710 g/mol. The average Bonchev–Trinajstić information content (AvgIpc) is 3.11. The Balaban J connectivity index is 3.50. The van der Waals surface area contributed by atoms with E-state index in [1.807, 2.05) is 26.8 Å². The van der Waals surface area contributed by atoms with Crippen LogP contribution >= 0.6 is 0 Å². The van der Waals surface area contributed by atoms with E-state index in [4.69, 9.17) is 14.2 Å². The van der Waals surface area contributed by atoms with Crippen LogP contribution < -0.4 is 26.6 Å². The molecule has 0 aliphatic heterocycles. The highest BCUT2D eigenvalue weighted by molar-refractivity contribution is 6.12. The zero-order valence-electron chi connectivity index (χ0n) is 34.3. The summed E-state index contributed by atoms with van der Waals surface area (Å²) in [6, 6.07) is 4.31. The summed E-state index contributed by atoms with van der Waals surface area (Å²) in [5.74, 6) is -6.09. The summed E-state index contributed by atoms with van der Waals surface area (Å²) in [5.41, 5.74) is -2.82. The molecule has 0 fully saturated rings. The van der Waals surface area contributed by atoms with E-state index in [1.54, 1.807) is 72.7 Å². The van der Waals surface area contributed by atoms with Crippen molar-refractivity contribution < 1.29 is 47.8 Å². The molecule has 0 saturated carbocycles. The van der Waals surface area contributed by atoms with Gasteiger partial charge in [-0.15, -0.1) is 6.58 Å². The van der Waals surface area contributed by atoms with Crippen molar-refractivity contribution in [3.05, 3.63) is 48.6 Å². The molecule has 5 amide bonds. The number of benzene rings is 1. The zero-order chi connectivity index (χ0) is 42.1. The van der Waals surface area contributed by atoms with Gasteiger partial charge < -0.3 is 40.8 Å². The van der Waals surface area contributed by atoms with Gasteiger partial charge in [-0.3, -0.25) is 19.2 Å². The number of hydrogen-bond donors (Lipinski definition) is 5. The fraction of sp³-hybridized carbons (Fsp3) is 0.625. The summed E-state index contributed by atoms with van der Waals surface area (Å²) >= 11 is 0. The summed E-state index contributed by atoms with van der Waals surface area (Å²) in [7, 11) is 1.20. The number of carbonyl (C=O) groups excluding carboxylic acids is 7. The van der Waals surface area contributed by atoms with Crippen LogP contribution in [0.5, 0.6) is 0 Å². The number of esters is 2. The van der Waals surface area contributed by atoms with Crippen LogP contribution in [-0.2, 0) is 49.6 Å². The topological polar surface area (TPSA) is 207 Å². The molecule has 0 bridgehead atoms. The van der Waals surface area contributed by atoms with Gasteiger partial charge in [0, 0.05) is 6.42 Å². The highest BCUT2D eigenvalue weighted by Gasteiger charge is 2.51. The molecule has 1 unspecified atom stereocenters. The Bertz CT molecular complexity index is 1480. The maximum atomic E-state index is 14.3. The summed E-state index contributed by atoms with van der Waals surface area (Å²) in [6.45, 7) is 20.7. The predicted octanol–water partition coefficient (Wildman–Crippen LogP) is 3.84. The van der Waals surface area contributed by atoms with E-state index in [0.29, 0.717) is 6.42 Å². The molecule has 5 N–H and O–H groups in total. The second-order valence-corrected chi connectivity index (χ2v) is 15.3. The molecule has 1 rings (SSSR count). The van der Waals surface area contributed by atoms with Gasteiger partial charge in [-0.25, -0.2) is 14.4 Å². The lowest BCUT2D eigenvalue weighted by Crippen LogP contribution is -2.69. The van der Waals surface area contributed by atoms with Gasteiger partial charge in [-0.1, -0.05) is 91.3 Å². The molecule has 15 nitrogen and oxygen atoms in total. The lowest BCUT2D eigenvalue weighted by Gasteiger charge is -2.36. The Hall–Kier alpha value is -4.95. The number of ether oxygens (including phenoxy) is 3. The standard InChI is InChI=1S/C40H63N5O10/c1-13-21-40(37(51)55-39(9,10)11,36(50)42-28(15-3)32(46)43-31(26(8)14-2)35(49)53-12)45-33(47)29(22-24(4)5)41-34(48)30(25(6)7)44-38(52)54-23-27-19-17-16-18-20-27/h13,16-20,24-26,28-31H,1,14-15,21-23H2,2-12H3,(H,41,48)(H,42,50)(H,43,46)(H,44,52)(H,45,47)/t26-,28-,29-,30-,31-,40?/m0/s1. The van der Waals surface area contributed by atoms with Gasteiger partial charge in [-0.2, -0.15) is 0 Å². The van der Waals surface area contributed by atoms with Crippen LogP contribution in [0.4, 0.5) is 4.79 Å². The van der Waals surface area contributed by atoms with Crippen molar-refractivity contribution in [2.75, 3.05) is 7.11 Å². The Labute approximate surface area is 325 Å². The molecule has 0 aromatic heterocycles. The Morgan fingerprint density at radius 3 is 1.89 bits per heavy atom. The van der Waals surface area contributed by atoms with E-state index >= 15 is 0 Å². The van der Waals surface area contributed by atoms with Crippen molar-refractivity contribution in [1.82, 2.24) is 26.6 Å². The monoisotopic (exact) mass is 773 g/mol. The second kappa shape index (κ2) is 22.4. The minimum absolute atomic E-state index is 0.0279. The highest BCUT2D eigenvalue weighted by atomic mass is 16.6. The van der Waals surface area contributed by atoms with Crippen molar-refractivity contribution >= 4 is 41.7 Å². The van der Waals surface area contributed by atoms with Crippen LogP contribution in [-0.4, -0.2) is 84.1 Å². The largest absolute Gasteiger partial charge is 0.467 e. The van der Waals surface area contributed by atoms with Gasteiger partial charge in [0.2, 0.25) is 23.3 Å². The first kappa shape index (κ1) is 48.1. The predicted molar refractivity (Wildman–Crippen MR) is 207 cm³/mol. The van der Waals surface area contributed by atoms with Crippen molar-refractivity contribution in [3.8, 4) is 0 Å². The fourth-order valence-corrected chi connectivity index (χ4v) is 5.38. The third-order valence-electron chi connectivity index (χ3n) is 8.69. The first-order chi connectivity index (χ1) is 25.7. The minimum Gasteiger partial charge on any atom is -0.467 e. The van der Waals surface area contributed by atoms with E-state index in [0.717, 1.165) is 5.56 Å². The first-order valence-electron chi connectivity index (χ1n) is 18.8. The molecule has 0 aliphatic carbocycles. The second-order valence-electron chi connectivity index (χ2n) is 15.3. The molecule has 1 aromatic carbocycles. The van der Waals surface area contributed by atoms with Crippen molar-refractivity contribution in [2.45, 2.75) is 137 Å². The van der Waals surface area contributed by atoms with Gasteiger partial charge >= 0.3 is 18.0 Å². The van der Waals surface area contributed by atoms with E-state index in [2.05, 4.69) is 33.2 Å². The lowest BCUT2D eigenvalue weighted by atomic mass is 9.91. The van der Waals surface area contributed by atoms with Crippen molar-refractivity contribution in [2.24, 2.45) is 17.8 Å². The van der Waals surface area contributed by atoms with Crippen LogP contribution in [0.2, 0.25) is 0 Å². The van der Waals surface area contributed by atoms with E-state index < -0.39 is 89.3 Å². The fourth-order valence-electron chi connectivity index (χ4n) is 5.38. The van der Waals surface area contributed by atoms with Gasteiger partial charge in [0.25, 0.3) is 5.91 Å². The molecule has 0 spiro atoms. The Morgan fingerprint density at radius 1 is 0.782 bits per heavy atom. The van der Waals surface area contributed by atoms with Gasteiger partial charge in [0.05, 0.1) is 7.11 Å². The normalized spacial score (nSPS) is 15.1. The summed E-state index contributed by atoms with van der Waals surface area (Å²) in [6.07, 6.45) is 0.604. The first-order valence-corrected chi connectivity index (χ1v) is 18.8. The van der Waals surface area contributed by atoms with Crippen LogP contribution in [0.15, 0.2) is 43.0 Å². The van der Waals surface area contributed by atoms with Gasteiger partial charge in [-0.05, 0) is 56.9 Å². The third-order valence-corrected chi connectivity index (χ3v) is 8.69. The molecule has 308 valence electrons. The zero-order valence-corrected chi connectivity index (χ0v) is 34.3. The minimum atomic E-state index is -2.45. The number of methoxy groups -OCH3 is 1. The lowest BCUT2D eigenvalue weighted by molar-refractivity contribution is -0.168. The molecule has 0 saturated heterocycles. The van der Waals surface area contributed by atoms with Crippen LogP contribution in [0.3, 0.4) is 0 Å². The number of rotatable bonds is 21. The van der Waals surface area contributed by atoms with Crippen molar-refractivity contribution in [1.29, 1.82) is 0 Å². The third kappa shape index (κ3) is 15.4. The van der Waals surface area contributed by atoms with Crippen LogP contribution in [0.1, 0.15) is 100 Å². The van der Waals surface area contributed by atoms with Gasteiger partial charge in [0.15, 0.2) is 0 Å². The van der Waals surface area contributed by atoms with E-state index in [-0.39, 0.29) is 31.3 Å². The quantitative estimate of drug-likeness (QED) is 0.0528. The maximum absolute atomic E-state index is 14.3. The molecule has 0 heterocycles. The SMILES string of the molecule is C=CCC(NC(=O)[C@H](CC(C)C)NC(=O)[C@@H](NC(=O)OCc1ccccc1)C(C)C)(C(=O)N[C@@H](CC)C(=O)N[C@H](C(=O)OC)[C@@H](C)CC)C(=O)OC(C)(C)C. The molecule has 55 heavy (non-hydrogen) atoms. The summed E-state index contributed by atoms with van der Waals surface area (Å²) in [5, 5.41) is 13.0. The summed E-state index contributed by atoms with van der Waals surface area (Å²) in [4.78, 5) is 94.9. The Morgan fingerprint density at radius 2 is 1.40 bits per heavy atom. The van der Waals surface area contributed by atoms with Crippen LogP contribution in [0, 0.1) is 17.8 Å². The molecule has 15 heteroatoms. The van der Waals surface area contributed by atoms with Crippen LogP contribution in [0.25, 0.3) is 0 Å². The average molecular weight is 774 g/mol. The van der Waals surface area contributed by atoms with Gasteiger partial charge in [0.1, 0.15) is 36.4 Å². The van der Waals surface area contributed by atoms with E-state index in [9.17, 15) is 33.6 Å². The summed E-state index contributed by atoms with van der Waals surface area (Å²) < 4.78 is 15.8. The van der Waals surface area contributed by atoms with Crippen molar-refractivity contribution in [3.63, 3.8) is 0 Å². The molecule has 1 aromatic rings. The highest BCUT2D eigenvalue weighted by Crippen LogP contribution is 2.22. The molecule has 0 aliphatic rings. The number of nitrogens with one attached hydrogen (secondary N) is 5. The number of carbonyl (C=O) groups is 7. The molecular formula is C40H63N5O10. The maximum Gasteiger partial charge on any atom is 0.408 e. The van der Waals surface area contributed by atoms with E-state index in [1.165, 1.54) is 13.2 Å². The smallest absolute Gasteiger partial charge is 0.408 e. The molecule has 6 atom stereocenters. The number of hydrogen-bond acceptors (Lipinski definition) is 10. The number of alkyl carbamates (subject to hydrolysis) is 1. The number of amides is 5. The Kier molecular flexibility index (Phi) is 19.6.